The van der Waals surface area contributed by atoms with Crippen LogP contribution in [0.15, 0.2) is 17.7 Å². The predicted octanol–water partition coefficient (Wildman–Crippen LogP) is 3.51. The molecule has 0 fully saturated rings. The van der Waals surface area contributed by atoms with Crippen LogP contribution in [0.5, 0.6) is 5.75 Å². The fourth-order valence-electron chi connectivity index (χ4n) is 3.17. The standard InChI is InChI=1S/C20H23ClF3N3O4/c1-10-7-12(21)8-11-9-13(17(20(22,23)24)31-16(10)11)18(28)27-14(19(29)30-2)5-3-4-6-15(25)26/h7-9,14,17H,3-6H2,1-2H3,(H3,25,26)(H,27,28)/t14-,17-/m0/s1. The lowest BCUT2D eigenvalue weighted by atomic mass is 9.98. The number of amides is 1. The number of hydrogen-bond acceptors (Lipinski definition) is 5. The number of unbranched alkanes of at least 4 members (excludes halogenated alkanes) is 1. The molecule has 0 radical (unpaired) electrons. The zero-order valence-electron chi connectivity index (χ0n) is 16.9. The van der Waals surface area contributed by atoms with Gasteiger partial charge in [-0.1, -0.05) is 18.0 Å². The van der Waals surface area contributed by atoms with Crippen molar-refractivity contribution in [2.75, 3.05) is 7.11 Å². The molecule has 2 rings (SSSR count). The van der Waals surface area contributed by atoms with Gasteiger partial charge in [0.05, 0.1) is 18.5 Å². The highest BCUT2D eigenvalue weighted by Crippen LogP contribution is 2.40. The van der Waals surface area contributed by atoms with E-state index in [1.807, 2.05) is 0 Å². The predicted molar refractivity (Wildman–Crippen MR) is 109 cm³/mol. The maximum Gasteiger partial charge on any atom is 0.429 e. The minimum absolute atomic E-state index is 0.0166. The zero-order valence-corrected chi connectivity index (χ0v) is 17.7. The summed E-state index contributed by atoms with van der Waals surface area (Å²) < 4.78 is 50.7. The van der Waals surface area contributed by atoms with Gasteiger partial charge in [-0.25, -0.2) is 4.79 Å². The summed E-state index contributed by atoms with van der Waals surface area (Å²) in [5.41, 5.74) is 5.20. The molecule has 1 aliphatic heterocycles. The molecule has 0 spiro atoms. The summed E-state index contributed by atoms with van der Waals surface area (Å²) in [5.74, 6) is -1.94. The third-order valence-corrected chi connectivity index (χ3v) is 4.85. The van der Waals surface area contributed by atoms with E-state index in [4.69, 9.17) is 27.5 Å². The van der Waals surface area contributed by atoms with Crippen molar-refractivity contribution in [2.24, 2.45) is 5.73 Å². The first kappa shape index (κ1) is 24.5. The number of amidine groups is 1. The summed E-state index contributed by atoms with van der Waals surface area (Å²) in [5, 5.41) is 9.78. The van der Waals surface area contributed by atoms with Crippen molar-refractivity contribution >= 4 is 35.4 Å². The molecule has 0 saturated heterocycles. The van der Waals surface area contributed by atoms with Gasteiger partial charge in [0.1, 0.15) is 11.8 Å². The van der Waals surface area contributed by atoms with Gasteiger partial charge < -0.3 is 20.5 Å². The van der Waals surface area contributed by atoms with Crippen molar-refractivity contribution in [3.63, 3.8) is 0 Å². The Kier molecular flexibility index (Phi) is 7.94. The van der Waals surface area contributed by atoms with Crippen molar-refractivity contribution in [1.29, 1.82) is 5.41 Å². The van der Waals surface area contributed by atoms with E-state index in [1.54, 1.807) is 6.92 Å². The molecule has 1 aromatic rings. The molecule has 31 heavy (non-hydrogen) atoms. The summed E-state index contributed by atoms with van der Waals surface area (Å²) in [7, 11) is 1.11. The van der Waals surface area contributed by atoms with Crippen LogP contribution >= 0.6 is 11.6 Å². The molecule has 4 N–H and O–H groups in total. The van der Waals surface area contributed by atoms with E-state index in [0.29, 0.717) is 24.8 Å². The molecular formula is C20H23ClF3N3O4. The number of fused-ring (bicyclic) bond motifs is 1. The molecule has 1 amide bonds. The summed E-state index contributed by atoms with van der Waals surface area (Å²) in [6.07, 6.45) is -5.02. The van der Waals surface area contributed by atoms with Gasteiger partial charge >= 0.3 is 12.1 Å². The van der Waals surface area contributed by atoms with Crippen molar-refractivity contribution in [3.05, 3.63) is 33.9 Å². The minimum atomic E-state index is -4.87. The van der Waals surface area contributed by atoms with Gasteiger partial charge in [-0.05, 0) is 43.5 Å². The largest absolute Gasteiger partial charge is 0.475 e. The van der Waals surface area contributed by atoms with Crippen molar-refractivity contribution in [1.82, 2.24) is 5.32 Å². The molecule has 7 nitrogen and oxygen atoms in total. The Hall–Kier alpha value is -2.75. The first-order chi connectivity index (χ1) is 14.4. The van der Waals surface area contributed by atoms with Crippen LogP contribution in [-0.4, -0.2) is 43.1 Å². The quantitative estimate of drug-likeness (QED) is 0.237. The SMILES string of the molecule is COC(=O)[C@H](CCCCC(=N)N)NC(=O)C1=Cc2cc(Cl)cc(C)c2O[C@@H]1C(F)(F)F. The average molecular weight is 462 g/mol. The number of aryl methyl sites for hydroxylation is 1. The molecule has 0 saturated carbocycles. The number of rotatable bonds is 8. The maximum atomic E-state index is 13.6. The number of nitrogens with one attached hydrogen (secondary N) is 2. The first-order valence-corrected chi connectivity index (χ1v) is 9.78. The Bertz CT molecular complexity index is 902. The molecule has 0 unspecified atom stereocenters. The lowest BCUT2D eigenvalue weighted by molar-refractivity contribution is -0.185. The number of methoxy groups -OCH3 is 1. The summed E-state index contributed by atoms with van der Waals surface area (Å²) in [4.78, 5) is 24.8. The van der Waals surface area contributed by atoms with Crippen LogP contribution in [-0.2, 0) is 14.3 Å². The molecule has 2 atom stereocenters. The first-order valence-electron chi connectivity index (χ1n) is 9.40. The van der Waals surface area contributed by atoms with Crippen molar-refractivity contribution < 1.29 is 32.2 Å². The van der Waals surface area contributed by atoms with E-state index in [0.717, 1.165) is 13.2 Å². The molecule has 170 valence electrons. The van der Waals surface area contributed by atoms with Crippen LogP contribution in [0.1, 0.15) is 36.8 Å². The molecule has 1 aromatic carbocycles. The Morgan fingerprint density at radius 3 is 2.61 bits per heavy atom. The molecule has 11 heteroatoms. The van der Waals surface area contributed by atoms with Crippen molar-refractivity contribution in [2.45, 2.75) is 50.9 Å². The highest BCUT2D eigenvalue weighted by Gasteiger charge is 2.48. The molecule has 0 aliphatic carbocycles. The van der Waals surface area contributed by atoms with Crippen LogP contribution in [0.4, 0.5) is 13.2 Å². The van der Waals surface area contributed by atoms with E-state index in [2.05, 4.69) is 10.1 Å². The second-order valence-electron chi connectivity index (χ2n) is 7.10. The van der Waals surface area contributed by atoms with Gasteiger partial charge in [0.15, 0.2) is 0 Å². The zero-order chi connectivity index (χ0) is 23.3. The number of hydrogen-bond donors (Lipinski definition) is 3. The number of carbonyl (C=O) groups is 2. The lowest BCUT2D eigenvalue weighted by Crippen LogP contribution is -2.48. The fraction of sp³-hybridized carbons (Fsp3) is 0.450. The third-order valence-electron chi connectivity index (χ3n) is 4.64. The molecule has 0 aromatic heterocycles. The second-order valence-corrected chi connectivity index (χ2v) is 7.54. The fourth-order valence-corrected chi connectivity index (χ4v) is 3.45. The highest BCUT2D eigenvalue weighted by molar-refractivity contribution is 6.30. The number of benzene rings is 1. The summed E-state index contributed by atoms with van der Waals surface area (Å²) in [6.45, 7) is 1.55. The van der Waals surface area contributed by atoms with Gasteiger partial charge in [-0.15, -0.1) is 0 Å². The van der Waals surface area contributed by atoms with E-state index in [-0.39, 0.29) is 28.6 Å². The van der Waals surface area contributed by atoms with Gasteiger partial charge in [-0.2, -0.15) is 13.2 Å². The van der Waals surface area contributed by atoms with Gasteiger partial charge in [-0.3, -0.25) is 10.2 Å². The Labute approximate surface area is 182 Å². The molecule has 0 bridgehead atoms. The van der Waals surface area contributed by atoms with Gasteiger partial charge in [0.2, 0.25) is 6.10 Å². The summed E-state index contributed by atoms with van der Waals surface area (Å²) in [6, 6.07) is 1.69. The molecule has 1 aliphatic rings. The highest BCUT2D eigenvalue weighted by atomic mass is 35.5. The van der Waals surface area contributed by atoms with Gasteiger partial charge in [0, 0.05) is 17.0 Å². The number of halogens is 4. The van der Waals surface area contributed by atoms with Crippen molar-refractivity contribution in [3.8, 4) is 5.75 Å². The van der Waals surface area contributed by atoms with Crippen LogP contribution in [0.25, 0.3) is 6.08 Å². The molecule has 1 heterocycles. The second kappa shape index (κ2) is 10.0. The van der Waals surface area contributed by atoms with Crippen LogP contribution in [0, 0.1) is 12.3 Å². The number of carbonyl (C=O) groups excluding carboxylic acids is 2. The number of alkyl halides is 3. The Morgan fingerprint density at radius 2 is 2.03 bits per heavy atom. The monoisotopic (exact) mass is 461 g/mol. The number of nitrogens with two attached hydrogens (primary N) is 1. The maximum absolute atomic E-state index is 13.6. The van der Waals surface area contributed by atoms with Gasteiger partial charge in [0.25, 0.3) is 5.91 Å². The third kappa shape index (κ3) is 6.36. The van der Waals surface area contributed by atoms with E-state index in [1.165, 1.54) is 12.1 Å². The summed E-state index contributed by atoms with van der Waals surface area (Å²) >= 11 is 5.98. The van der Waals surface area contributed by atoms with Crippen LogP contribution in [0.2, 0.25) is 5.02 Å². The van der Waals surface area contributed by atoms with E-state index >= 15 is 0 Å². The minimum Gasteiger partial charge on any atom is -0.475 e. The number of ether oxygens (including phenoxy) is 2. The van der Waals surface area contributed by atoms with Crippen LogP contribution < -0.4 is 15.8 Å². The average Bonchev–Trinajstić information content (AvgIpc) is 2.67. The molecular weight excluding hydrogens is 439 g/mol. The smallest absolute Gasteiger partial charge is 0.429 e. The topological polar surface area (TPSA) is 115 Å². The lowest BCUT2D eigenvalue weighted by Gasteiger charge is -2.30. The number of esters is 1. The van der Waals surface area contributed by atoms with Crippen LogP contribution in [0.3, 0.4) is 0 Å². The van der Waals surface area contributed by atoms with E-state index in [9.17, 15) is 22.8 Å². The Morgan fingerprint density at radius 1 is 1.35 bits per heavy atom. The normalized spacial score (nSPS) is 16.5. The van der Waals surface area contributed by atoms with E-state index < -0.39 is 35.8 Å². The Balaban J connectivity index is 2.30.